The number of halogens is 1. The van der Waals surface area contributed by atoms with E-state index in [1.807, 2.05) is 6.92 Å². The molecule has 1 fully saturated rings. The van der Waals surface area contributed by atoms with Crippen LogP contribution in [-0.2, 0) is 14.3 Å². The van der Waals surface area contributed by atoms with E-state index in [1.165, 1.54) is 12.1 Å². The molecule has 0 bridgehead atoms. The van der Waals surface area contributed by atoms with Gasteiger partial charge in [0.1, 0.15) is 23.6 Å². The predicted octanol–water partition coefficient (Wildman–Crippen LogP) is 1.90. The van der Waals surface area contributed by atoms with E-state index >= 15 is 0 Å². The van der Waals surface area contributed by atoms with Gasteiger partial charge in [-0.1, -0.05) is 6.07 Å². The molecule has 1 aliphatic rings. The number of piperidine rings is 1. The van der Waals surface area contributed by atoms with E-state index < -0.39 is 5.82 Å². The third-order valence-electron chi connectivity index (χ3n) is 5.80. The summed E-state index contributed by atoms with van der Waals surface area (Å²) < 4.78 is 20.7. The molecule has 1 amide bonds. The van der Waals surface area contributed by atoms with Crippen LogP contribution in [0.2, 0.25) is 0 Å². The van der Waals surface area contributed by atoms with Crippen LogP contribution >= 0.6 is 0 Å². The number of ether oxygens (including phenoxy) is 1. The highest BCUT2D eigenvalue weighted by Gasteiger charge is 2.31. The van der Waals surface area contributed by atoms with E-state index in [2.05, 4.69) is 11.4 Å². The molecule has 0 saturated carbocycles. The SMILES string of the molecule is CCOC(=O)[C@H]1CCC[NH+](CC(=O)Nc2c(C#N)c(C)c(C)n2-c2cccc(F)c2)C1. The van der Waals surface area contributed by atoms with Crippen molar-refractivity contribution < 1.29 is 23.6 Å². The summed E-state index contributed by atoms with van der Waals surface area (Å²) in [6, 6.07) is 8.18. The summed E-state index contributed by atoms with van der Waals surface area (Å²) in [5.41, 5.74) is 2.37. The first kappa shape index (κ1) is 22.5. The van der Waals surface area contributed by atoms with Gasteiger partial charge < -0.3 is 15.0 Å². The molecule has 1 aliphatic heterocycles. The summed E-state index contributed by atoms with van der Waals surface area (Å²) in [4.78, 5) is 25.9. The molecule has 0 radical (unpaired) electrons. The maximum Gasteiger partial charge on any atom is 0.314 e. The van der Waals surface area contributed by atoms with Crippen LogP contribution in [0.3, 0.4) is 0 Å². The number of carbonyl (C=O) groups excluding carboxylic acids is 2. The van der Waals surface area contributed by atoms with Gasteiger partial charge in [0.15, 0.2) is 6.54 Å². The van der Waals surface area contributed by atoms with Gasteiger partial charge >= 0.3 is 5.97 Å². The van der Waals surface area contributed by atoms with Crippen LogP contribution in [0.15, 0.2) is 24.3 Å². The lowest BCUT2D eigenvalue weighted by atomic mass is 9.98. The Hall–Kier alpha value is -3.18. The van der Waals surface area contributed by atoms with Gasteiger partial charge in [0.25, 0.3) is 5.91 Å². The molecular formula is C23H28FN4O3+. The molecule has 2 aromatic rings. The lowest BCUT2D eigenvalue weighted by molar-refractivity contribution is -0.899. The number of hydrogen-bond acceptors (Lipinski definition) is 4. The topological polar surface area (TPSA) is 88.6 Å². The van der Waals surface area contributed by atoms with Crippen molar-refractivity contribution in [3.05, 3.63) is 46.9 Å². The number of anilines is 1. The number of rotatable bonds is 6. The summed E-state index contributed by atoms with van der Waals surface area (Å²) in [7, 11) is 0. The zero-order valence-corrected chi connectivity index (χ0v) is 18.1. The third kappa shape index (κ3) is 4.94. The molecular weight excluding hydrogens is 399 g/mol. The van der Waals surface area contributed by atoms with Crippen molar-refractivity contribution in [3.8, 4) is 11.8 Å². The first-order chi connectivity index (χ1) is 14.8. The van der Waals surface area contributed by atoms with Gasteiger partial charge in [-0.2, -0.15) is 5.26 Å². The first-order valence-corrected chi connectivity index (χ1v) is 10.5. The maximum atomic E-state index is 13.8. The predicted molar refractivity (Wildman–Crippen MR) is 113 cm³/mol. The molecule has 2 heterocycles. The summed E-state index contributed by atoms with van der Waals surface area (Å²) in [5, 5.41) is 12.5. The minimum absolute atomic E-state index is 0.174. The number of esters is 1. The first-order valence-electron chi connectivity index (χ1n) is 10.5. The van der Waals surface area contributed by atoms with Crippen LogP contribution in [0.1, 0.15) is 36.6 Å². The van der Waals surface area contributed by atoms with Crippen LogP contribution in [0.4, 0.5) is 10.2 Å². The normalized spacial score (nSPS) is 18.3. The standard InChI is InChI=1S/C23H27FN4O3/c1-4-31-23(30)17-7-6-10-27(13-17)14-21(29)26-22-20(12-25)15(2)16(3)28(22)19-9-5-8-18(24)11-19/h5,8-9,11,17H,4,6-7,10,13-14H2,1-3H3,(H,26,29)/p+1/t17-/m0/s1. The lowest BCUT2D eigenvalue weighted by Crippen LogP contribution is -3.14. The fraction of sp³-hybridized carbons (Fsp3) is 0.435. The van der Waals surface area contributed by atoms with Gasteiger partial charge in [-0.25, -0.2) is 4.39 Å². The number of amides is 1. The van der Waals surface area contributed by atoms with Crippen molar-refractivity contribution in [2.45, 2.75) is 33.6 Å². The zero-order valence-electron chi connectivity index (χ0n) is 18.1. The molecule has 3 rings (SSSR count). The van der Waals surface area contributed by atoms with Crippen LogP contribution in [0.25, 0.3) is 5.69 Å². The molecule has 0 spiro atoms. The largest absolute Gasteiger partial charge is 0.466 e. The number of aromatic nitrogens is 1. The molecule has 31 heavy (non-hydrogen) atoms. The van der Waals surface area contributed by atoms with E-state index in [9.17, 15) is 19.2 Å². The molecule has 1 aromatic heterocycles. The Morgan fingerprint density at radius 2 is 2.16 bits per heavy atom. The maximum absolute atomic E-state index is 13.8. The number of benzene rings is 1. The summed E-state index contributed by atoms with van der Waals surface area (Å²) >= 11 is 0. The molecule has 0 aliphatic carbocycles. The summed E-state index contributed by atoms with van der Waals surface area (Å²) in [6.45, 7) is 7.27. The Labute approximate surface area is 181 Å². The fourth-order valence-corrected chi connectivity index (χ4v) is 4.18. The van der Waals surface area contributed by atoms with E-state index in [-0.39, 0.29) is 24.3 Å². The lowest BCUT2D eigenvalue weighted by Gasteiger charge is -2.28. The number of carbonyl (C=O) groups is 2. The smallest absolute Gasteiger partial charge is 0.314 e. The number of likely N-dealkylation sites (tertiary alicyclic amines) is 1. The Morgan fingerprint density at radius 1 is 1.39 bits per heavy atom. The molecule has 164 valence electrons. The van der Waals surface area contributed by atoms with Gasteiger partial charge in [0.2, 0.25) is 0 Å². The van der Waals surface area contributed by atoms with Crippen LogP contribution < -0.4 is 10.2 Å². The number of nitriles is 1. The molecule has 1 saturated heterocycles. The van der Waals surface area contributed by atoms with Crippen molar-refractivity contribution in [3.63, 3.8) is 0 Å². The number of hydrogen-bond donors (Lipinski definition) is 2. The Morgan fingerprint density at radius 3 is 2.84 bits per heavy atom. The minimum Gasteiger partial charge on any atom is -0.466 e. The second-order valence-corrected chi connectivity index (χ2v) is 7.88. The van der Waals surface area contributed by atoms with Crippen molar-refractivity contribution in [2.75, 3.05) is 31.6 Å². The zero-order chi connectivity index (χ0) is 22.5. The number of nitrogens with one attached hydrogen (secondary N) is 2. The molecule has 8 heteroatoms. The monoisotopic (exact) mass is 427 g/mol. The Balaban J connectivity index is 1.81. The van der Waals surface area contributed by atoms with Crippen molar-refractivity contribution in [1.82, 2.24) is 4.57 Å². The van der Waals surface area contributed by atoms with Crippen LogP contribution in [-0.4, -0.2) is 42.7 Å². The highest BCUT2D eigenvalue weighted by Crippen LogP contribution is 2.30. The second kappa shape index (κ2) is 9.75. The van der Waals surface area contributed by atoms with Crippen LogP contribution in [0.5, 0.6) is 0 Å². The summed E-state index contributed by atoms with van der Waals surface area (Å²) in [6.07, 6.45) is 1.61. The number of nitrogens with zero attached hydrogens (tertiary/aromatic N) is 2. The highest BCUT2D eigenvalue weighted by atomic mass is 19.1. The number of quaternary nitrogens is 1. The van der Waals surface area contributed by atoms with Gasteiger partial charge in [0.05, 0.1) is 30.9 Å². The van der Waals surface area contributed by atoms with E-state index in [0.29, 0.717) is 30.2 Å². The minimum atomic E-state index is -0.401. The average molecular weight is 428 g/mol. The van der Waals surface area contributed by atoms with Crippen LogP contribution in [0, 0.1) is 36.9 Å². The van der Waals surface area contributed by atoms with Crippen molar-refractivity contribution in [1.29, 1.82) is 5.26 Å². The Kier molecular flexibility index (Phi) is 7.08. The van der Waals surface area contributed by atoms with Gasteiger partial charge in [-0.15, -0.1) is 0 Å². The summed E-state index contributed by atoms with van der Waals surface area (Å²) in [5.74, 6) is -0.732. The van der Waals surface area contributed by atoms with Crippen molar-refractivity contribution >= 4 is 17.7 Å². The van der Waals surface area contributed by atoms with Gasteiger partial charge in [0, 0.05) is 5.69 Å². The Bertz CT molecular complexity index is 1020. The molecule has 2 N–H and O–H groups in total. The average Bonchev–Trinajstić information content (AvgIpc) is 2.97. The van der Waals surface area contributed by atoms with Crippen molar-refractivity contribution in [2.24, 2.45) is 5.92 Å². The highest BCUT2D eigenvalue weighted by molar-refractivity contribution is 5.93. The van der Waals surface area contributed by atoms with Gasteiger partial charge in [-0.05, 0) is 57.4 Å². The van der Waals surface area contributed by atoms with Gasteiger partial charge in [-0.3, -0.25) is 14.2 Å². The van der Waals surface area contributed by atoms with E-state index in [0.717, 1.165) is 35.5 Å². The molecule has 1 aromatic carbocycles. The fourth-order valence-electron chi connectivity index (χ4n) is 4.18. The van der Waals surface area contributed by atoms with E-state index in [1.54, 1.807) is 30.5 Å². The third-order valence-corrected chi connectivity index (χ3v) is 5.80. The molecule has 7 nitrogen and oxygen atoms in total. The van der Waals surface area contributed by atoms with E-state index in [4.69, 9.17) is 4.74 Å². The molecule has 1 unspecified atom stereocenters. The second-order valence-electron chi connectivity index (χ2n) is 7.88. The quantitative estimate of drug-likeness (QED) is 0.690. The molecule has 2 atom stereocenters.